The average molecular weight is 266 g/mol. The Bertz CT molecular complexity index is 649. The van der Waals surface area contributed by atoms with Gasteiger partial charge in [0.2, 0.25) is 0 Å². The summed E-state index contributed by atoms with van der Waals surface area (Å²) in [6, 6.07) is 15.9. The van der Waals surface area contributed by atoms with Gasteiger partial charge >= 0.3 is 0 Å². The zero-order chi connectivity index (χ0) is 14.4. The number of nitrogens with two attached hydrogens (primary N) is 1. The second-order valence-corrected chi connectivity index (χ2v) is 4.15. The molecule has 0 aliphatic heterocycles. The fourth-order valence-corrected chi connectivity index (χ4v) is 1.66. The highest BCUT2D eigenvalue weighted by Gasteiger charge is 2.10. The van der Waals surface area contributed by atoms with Gasteiger partial charge in [-0.3, -0.25) is 14.9 Å². The monoisotopic (exact) mass is 266 g/mol. The molecule has 2 rings (SSSR count). The van der Waals surface area contributed by atoms with Crippen molar-refractivity contribution >= 4 is 23.6 Å². The van der Waals surface area contributed by atoms with Crippen molar-refractivity contribution in [3.63, 3.8) is 0 Å². The number of nitrogen functional groups attached to an aromatic ring is 1. The van der Waals surface area contributed by atoms with Crippen LogP contribution in [0.3, 0.4) is 0 Å². The minimum Gasteiger partial charge on any atom is -0.398 e. The van der Waals surface area contributed by atoms with E-state index in [9.17, 15) is 9.59 Å². The number of anilines is 1. The standard InChI is InChI=1S/C16H14N2O2/c17-14-9-5-4-8-13(14)16(20)18-15(19)11-10-12-6-2-1-3-7-12/h1-11H,17H2,(H,18,19,20). The quantitative estimate of drug-likeness (QED) is 0.661. The average Bonchev–Trinajstić information content (AvgIpc) is 2.46. The molecule has 4 nitrogen and oxygen atoms in total. The molecular weight excluding hydrogens is 252 g/mol. The molecule has 2 aromatic rings. The number of hydrogen-bond acceptors (Lipinski definition) is 3. The van der Waals surface area contributed by atoms with Crippen LogP contribution in [0.25, 0.3) is 6.08 Å². The van der Waals surface area contributed by atoms with E-state index in [0.29, 0.717) is 5.69 Å². The molecule has 0 unspecified atom stereocenters. The number of para-hydroxylation sites is 1. The van der Waals surface area contributed by atoms with Gasteiger partial charge in [-0.05, 0) is 23.8 Å². The maximum absolute atomic E-state index is 11.8. The first-order chi connectivity index (χ1) is 9.66. The number of carbonyl (C=O) groups is 2. The molecule has 3 N–H and O–H groups in total. The van der Waals surface area contributed by atoms with Crippen molar-refractivity contribution in [2.75, 3.05) is 5.73 Å². The molecule has 0 atom stereocenters. The highest BCUT2D eigenvalue weighted by Crippen LogP contribution is 2.09. The summed E-state index contributed by atoms with van der Waals surface area (Å²) < 4.78 is 0. The van der Waals surface area contributed by atoms with E-state index in [1.54, 1.807) is 30.3 Å². The Morgan fingerprint density at radius 3 is 2.30 bits per heavy atom. The Morgan fingerprint density at radius 2 is 1.60 bits per heavy atom. The number of amides is 2. The van der Waals surface area contributed by atoms with E-state index in [1.165, 1.54) is 6.08 Å². The third-order valence-electron chi connectivity index (χ3n) is 2.67. The number of carbonyl (C=O) groups excluding carboxylic acids is 2. The van der Waals surface area contributed by atoms with Crippen LogP contribution in [0.1, 0.15) is 15.9 Å². The van der Waals surface area contributed by atoms with Gasteiger partial charge in [-0.25, -0.2) is 0 Å². The molecule has 0 fully saturated rings. The van der Waals surface area contributed by atoms with E-state index in [0.717, 1.165) is 5.56 Å². The van der Waals surface area contributed by atoms with Crippen LogP contribution in [-0.4, -0.2) is 11.8 Å². The zero-order valence-electron chi connectivity index (χ0n) is 10.7. The first kappa shape index (κ1) is 13.5. The van der Waals surface area contributed by atoms with Crippen LogP contribution in [0.4, 0.5) is 5.69 Å². The molecule has 20 heavy (non-hydrogen) atoms. The highest BCUT2D eigenvalue weighted by molar-refractivity contribution is 6.11. The molecule has 0 aromatic heterocycles. The second-order valence-electron chi connectivity index (χ2n) is 4.15. The van der Waals surface area contributed by atoms with Gasteiger partial charge in [0.05, 0.1) is 5.56 Å². The van der Waals surface area contributed by atoms with E-state index in [2.05, 4.69) is 5.32 Å². The predicted octanol–water partition coefficient (Wildman–Crippen LogP) is 2.24. The SMILES string of the molecule is Nc1ccccc1C(=O)NC(=O)C=Cc1ccccc1. The topological polar surface area (TPSA) is 72.2 Å². The van der Waals surface area contributed by atoms with E-state index in [-0.39, 0.29) is 5.56 Å². The van der Waals surface area contributed by atoms with Crippen molar-refractivity contribution in [3.8, 4) is 0 Å². The van der Waals surface area contributed by atoms with E-state index >= 15 is 0 Å². The maximum atomic E-state index is 11.8. The van der Waals surface area contributed by atoms with Gasteiger partial charge in [-0.15, -0.1) is 0 Å². The van der Waals surface area contributed by atoms with Gasteiger partial charge in [-0.2, -0.15) is 0 Å². The van der Waals surface area contributed by atoms with E-state index in [1.807, 2.05) is 30.3 Å². The highest BCUT2D eigenvalue weighted by atomic mass is 16.2. The first-order valence-corrected chi connectivity index (χ1v) is 6.10. The number of rotatable bonds is 3. The molecule has 0 spiro atoms. The van der Waals surface area contributed by atoms with Crippen LogP contribution in [0.15, 0.2) is 60.7 Å². The summed E-state index contributed by atoms with van der Waals surface area (Å²) in [4.78, 5) is 23.5. The number of imide groups is 1. The number of benzene rings is 2. The molecule has 0 aliphatic carbocycles. The first-order valence-electron chi connectivity index (χ1n) is 6.10. The van der Waals surface area contributed by atoms with Crippen LogP contribution >= 0.6 is 0 Å². The summed E-state index contributed by atoms with van der Waals surface area (Å²) in [6.07, 6.45) is 2.95. The third-order valence-corrected chi connectivity index (χ3v) is 2.67. The molecule has 0 aliphatic rings. The Kier molecular flexibility index (Phi) is 4.29. The lowest BCUT2D eigenvalue weighted by molar-refractivity contribution is -0.115. The zero-order valence-corrected chi connectivity index (χ0v) is 10.7. The van der Waals surface area contributed by atoms with Crippen LogP contribution in [0, 0.1) is 0 Å². The van der Waals surface area contributed by atoms with Crippen LogP contribution in [-0.2, 0) is 4.79 Å². The minimum atomic E-state index is -0.509. The molecule has 0 bridgehead atoms. The van der Waals surface area contributed by atoms with Gasteiger partial charge in [0, 0.05) is 11.8 Å². The molecule has 4 heteroatoms. The Labute approximate surface area is 116 Å². The van der Waals surface area contributed by atoms with Gasteiger partial charge in [0.25, 0.3) is 11.8 Å². The molecule has 0 heterocycles. The number of hydrogen-bond donors (Lipinski definition) is 2. The summed E-state index contributed by atoms with van der Waals surface area (Å²) in [7, 11) is 0. The van der Waals surface area contributed by atoms with Crippen LogP contribution in [0.5, 0.6) is 0 Å². The van der Waals surface area contributed by atoms with Crippen molar-refractivity contribution in [2.45, 2.75) is 0 Å². The molecule has 0 saturated carbocycles. The van der Waals surface area contributed by atoms with Crippen molar-refractivity contribution in [1.82, 2.24) is 5.32 Å². The van der Waals surface area contributed by atoms with Gasteiger partial charge in [-0.1, -0.05) is 42.5 Å². The second kappa shape index (κ2) is 6.33. The molecular formula is C16H14N2O2. The number of nitrogens with one attached hydrogen (secondary N) is 1. The van der Waals surface area contributed by atoms with Gasteiger partial charge in [0.1, 0.15) is 0 Å². The smallest absolute Gasteiger partial charge is 0.260 e. The summed E-state index contributed by atoms with van der Waals surface area (Å²) in [5, 5.41) is 2.26. The molecule has 0 saturated heterocycles. The van der Waals surface area contributed by atoms with Gasteiger partial charge in [0.15, 0.2) is 0 Å². The summed E-state index contributed by atoms with van der Waals surface area (Å²) in [5.41, 5.74) is 7.18. The molecule has 100 valence electrons. The van der Waals surface area contributed by atoms with Crippen LogP contribution < -0.4 is 11.1 Å². The molecule has 0 radical (unpaired) electrons. The Balaban J connectivity index is 2.00. The Hall–Kier alpha value is -2.88. The fraction of sp³-hybridized carbons (Fsp3) is 0. The molecule has 2 aromatic carbocycles. The van der Waals surface area contributed by atoms with E-state index < -0.39 is 11.8 Å². The lowest BCUT2D eigenvalue weighted by atomic mass is 10.1. The van der Waals surface area contributed by atoms with Crippen molar-refractivity contribution in [3.05, 3.63) is 71.8 Å². The normalized spacial score (nSPS) is 10.4. The van der Waals surface area contributed by atoms with Crippen molar-refractivity contribution < 1.29 is 9.59 Å². The fourth-order valence-electron chi connectivity index (χ4n) is 1.66. The van der Waals surface area contributed by atoms with Crippen molar-refractivity contribution in [1.29, 1.82) is 0 Å². The summed E-state index contributed by atoms with van der Waals surface area (Å²) in [6.45, 7) is 0. The lowest BCUT2D eigenvalue weighted by Crippen LogP contribution is -2.29. The minimum absolute atomic E-state index is 0.286. The van der Waals surface area contributed by atoms with Gasteiger partial charge < -0.3 is 5.73 Å². The lowest BCUT2D eigenvalue weighted by Gasteiger charge is -2.04. The van der Waals surface area contributed by atoms with Crippen LogP contribution in [0.2, 0.25) is 0 Å². The summed E-state index contributed by atoms with van der Waals surface area (Å²) in [5.74, 6) is -0.993. The third kappa shape index (κ3) is 3.55. The van der Waals surface area contributed by atoms with E-state index in [4.69, 9.17) is 5.73 Å². The van der Waals surface area contributed by atoms with Crippen molar-refractivity contribution in [2.24, 2.45) is 0 Å². The molecule has 2 amide bonds. The Morgan fingerprint density at radius 1 is 0.950 bits per heavy atom. The predicted molar refractivity (Wildman–Crippen MR) is 78.8 cm³/mol. The summed E-state index contributed by atoms with van der Waals surface area (Å²) >= 11 is 0. The largest absolute Gasteiger partial charge is 0.398 e. The maximum Gasteiger partial charge on any atom is 0.260 e.